The van der Waals surface area contributed by atoms with Crippen LogP contribution in [0, 0.1) is 0 Å². The van der Waals surface area contributed by atoms with Crippen molar-refractivity contribution < 1.29 is 22.7 Å². The number of hydrogen-bond donors (Lipinski definition) is 0. The fourth-order valence-electron chi connectivity index (χ4n) is 4.18. The number of carbonyl (C=O) groups excluding carboxylic acids is 1. The number of rotatable bonds is 17. The highest BCUT2D eigenvalue weighted by atomic mass is 32.2. The zero-order valence-electron chi connectivity index (χ0n) is 20.3. The van der Waals surface area contributed by atoms with Crippen LogP contribution < -0.4 is 0 Å². The van der Waals surface area contributed by atoms with E-state index in [0.717, 1.165) is 45.0 Å². The number of sulfonamides is 1. The summed E-state index contributed by atoms with van der Waals surface area (Å²) in [6, 6.07) is -0.145. The lowest BCUT2D eigenvalue weighted by Gasteiger charge is -2.34. The summed E-state index contributed by atoms with van der Waals surface area (Å²) in [6.07, 6.45) is 13.1. The van der Waals surface area contributed by atoms with Crippen LogP contribution >= 0.6 is 0 Å². The van der Waals surface area contributed by atoms with Crippen LogP contribution in [-0.2, 0) is 24.3 Å². The van der Waals surface area contributed by atoms with Crippen LogP contribution in [0.5, 0.6) is 0 Å². The standard InChI is InChI=1S/C23H46N2O5S/c1-5-7-10-17-24(3)18-11-8-9-12-19-30-22-15-13-21(14-16-22)25(31(4,27)28)20-23(26)29-6-2/h21-22H,5-20H2,1-4H3. The van der Waals surface area contributed by atoms with Gasteiger partial charge in [-0.05, 0) is 72.0 Å². The normalized spacial score (nSPS) is 19.8. The molecule has 1 fully saturated rings. The van der Waals surface area contributed by atoms with Crippen molar-refractivity contribution in [3.8, 4) is 0 Å². The third-order valence-corrected chi connectivity index (χ3v) is 7.28. The second-order valence-electron chi connectivity index (χ2n) is 8.84. The van der Waals surface area contributed by atoms with Gasteiger partial charge in [-0.25, -0.2) is 8.42 Å². The van der Waals surface area contributed by atoms with Crippen LogP contribution in [0.25, 0.3) is 0 Å². The van der Waals surface area contributed by atoms with E-state index in [1.165, 1.54) is 55.9 Å². The summed E-state index contributed by atoms with van der Waals surface area (Å²) in [7, 11) is -1.23. The van der Waals surface area contributed by atoms with Crippen molar-refractivity contribution >= 4 is 16.0 Å². The zero-order valence-corrected chi connectivity index (χ0v) is 21.1. The molecule has 0 atom stereocenters. The van der Waals surface area contributed by atoms with Gasteiger partial charge >= 0.3 is 5.97 Å². The van der Waals surface area contributed by atoms with Crippen molar-refractivity contribution in [3.05, 3.63) is 0 Å². The van der Waals surface area contributed by atoms with Gasteiger partial charge in [0, 0.05) is 12.6 Å². The Balaban J connectivity index is 2.17. The largest absolute Gasteiger partial charge is 0.465 e. The van der Waals surface area contributed by atoms with E-state index in [-0.39, 0.29) is 25.3 Å². The van der Waals surface area contributed by atoms with Crippen LogP contribution in [0.1, 0.15) is 84.5 Å². The third-order valence-electron chi connectivity index (χ3n) is 6.00. The van der Waals surface area contributed by atoms with E-state index in [2.05, 4.69) is 18.9 Å². The minimum Gasteiger partial charge on any atom is -0.465 e. The maximum absolute atomic E-state index is 12.1. The first kappa shape index (κ1) is 28.3. The lowest BCUT2D eigenvalue weighted by Crippen LogP contribution is -2.45. The number of esters is 1. The van der Waals surface area contributed by atoms with E-state index in [0.29, 0.717) is 0 Å². The number of nitrogens with zero attached hydrogens (tertiary/aromatic N) is 2. The molecule has 0 aromatic rings. The van der Waals surface area contributed by atoms with Crippen LogP contribution in [0.15, 0.2) is 0 Å². The van der Waals surface area contributed by atoms with E-state index in [1.54, 1.807) is 6.92 Å². The van der Waals surface area contributed by atoms with Crippen LogP contribution in [0.2, 0.25) is 0 Å². The second kappa shape index (κ2) is 16.0. The van der Waals surface area contributed by atoms with Crippen LogP contribution in [0.4, 0.5) is 0 Å². The molecule has 31 heavy (non-hydrogen) atoms. The quantitative estimate of drug-likeness (QED) is 0.242. The van der Waals surface area contributed by atoms with Gasteiger partial charge in [0.1, 0.15) is 6.54 Å². The lowest BCUT2D eigenvalue weighted by molar-refractivity contribution is -0.143. The molecule has 0 N–H and O–H groups in total. The smallest absolute Gasteiger partial charge is 0.321 e. The maximum Gasteiger partial charge on any atom is 0.321 e. The van der Waals surface area contributed by atoms with Crippen molar-refractivity contribution in [3.63, 3.8) is 0 Å². The molecule has 0 heterocycles. The molecule has 0 amide bonds. The molecule has 8 heteroatoms. The first-order valence-electron chi connectivity index (χ1n) is 12.2. The van der Waals surface area contributed by atoms with Crippen molar-refractivity contribution in [1.82, 2.24) is 9.21 Å². The van der Waals surface area contributed by atoms with Gasteiger partial charge in [-0.1, -0.05) is 32.6 Å². The minimum absolute atomic E-state index is 0.145. The Morgan fingerprint density at radius 3 is 2.13 bits per heavy atom. The molecule has 1 aliphatic rings. The van der Waals surface area contributed by atoms with Gasteiger partial charge in [0.05, 0.1) is 19.0 Å². The van der Waals surface area contributed by atoms with Crippen molar-refractivity contribution in [2.24, 2.45) is 0 Å². The minimum atomic E-state index is -3.45. The van der Waals surface area contributed by atoms with Crippen molar-refractivity contribution in [2.75, 3.05) is 46.2 Å². The van der Waals surface area contributed by atoms with Crippen molar-refractivity contribution in [2.45, 2.75) is 96.6 Å². The number of ether oxygens (including phenoxy) is 2. The highest BCUT2D eigenvalue weighted by Gasteiger charge is 2.32. The van der Waals surface area contributed by atoms with Crippen molar-refractivity contribution in [1.29, 1.82) is 0 Å². The molecular weight excluding hydrogens is 416 g/mol. The molecule has 1 rings (SSSR count). The molecule has 184 valence electrons. The molecule has 1 aliphatic carbocycles. The molecular formula is C23H46N2O5S. The first-order valence-corrected chi connectivity index (χ1v) is 14.0. The van der Waals surface area contributed by atoms with Gasteiger partial charge < -0.3 is 14.4 Å². The fourth-order valence-corrected chi connectivity index (χ4v) is 5.27. The number of unbranched alkanes of at least 4 members (excludes halogenated alkanes) is 5. The van der Waals surface area contributed by atoms with Crippen LogP contribution in [0.3, 0.4) is 0 Å². The van der Waals surface area contributed by atoms with Gasteiger partial charge in [-0.15, -0.1) is 0 Å². The summed E-state index contributed by atoms with van der Waals surface area (Å²) in [6.45, 7) is 7.18. The third kappa shape index (κ3) is 12.8. The van der Waals surface area contributed by atoms with E-state index in [4.69, 9.17) is 9.47 Å². The number of carbonyl (C=O) groups is 1. The molecule has 0 unspecified atom stereocenters. The summed E-state index contributed by atoms with van der Waals surface area (Å²) in [5, 5.41) is 0. The summed E-state index contributed by atoms with van der Waals surface area (Å²) >= 11 is 0. The lowest BCUT2D eigenvalue weighted by atomic mass is 9.93. The zero-order chi connectivity index (χ0) is 23.1. The van der Waals surface area contributed by atoms with Gasteiger partial charge in [0.2, 0.25) is 10.0 Å². The average Bonchev–Trinajstić information content (AvgIpc) is 2.71. The SMILES string of the molecule is CCCCCN(C)CCCCCCOC1CCC(N(CC(=O)OCC)S(C)(=O)=O)CC1. The molecule has 0 aromatic carbocycles. The van der Waals surface area contributed by atoms with Gasteiger partial charge in [-0.2, -0.15) is 4.31 Å². The van der Waals surface area contributed by atoms with Crippen LogP contribution in [-0.4, -0.2) is 81.9 Å². The van der Waals surface area contributed by atoms with Gasteiger partial charge in [0.25, 0.3) is 0 Å². The monoisotopic (exact) mass is 462 g/mol. The van der Waals surface area contributed by atoms with E-state index >= 15 is 0 Å². The maximum atomic E-state index is 12.1. The highest BCUT2D eigenvalue weighted by molar-refractivity contribution is 7.88. The molecule has 0 spiro atoms. The Bertz CT molecular complexity index is 577. The predicted molar refractivity (Wildman–Crippen MR) is 126 cm³/mol. The summed E-state index contributed by atoms with van der Waals surface area (Å²) in [4.78, 5) is 14.2. The number of hydrogen-bond acceptors (Lipinski definition) is 6. The molecule has 0 radical (unpaired) electrons. The predicted octanol–water partition coefficient (Wildman–Crippen LogP) is 3.82. The molecule has 0 aromatic heterocycles. The van der Waals surface area contributed by atoms with E-state index < -0.39 is 16.0 Å². The molecule has 1 saturated carbocycles. The molecule has 0 bridgehead atoms. The summed E-state index contributed by atoms with van der Waals surface area (Å²) in [5.41, 5.74) is 0. The molecule has 0 saturated heterocycles. The summed E-state index contributed by atoms with van der Waals surface area (Å²) < 4.78 is 36.6. The Labute approximate surface area is 190 Å². The highest BCUT2D eigenvalue weighted by Crippen LogP contribution is 2.27. The Morgan fingerprint density at radius 1 is 0.935 bits per heavy atom. The van der Waals surface area contributed by atoms with E-state index in [1.807, 2.05) is 0 Å². The second-order valence-corrected chi connectivity index (χ2v) is 10.8. The molecule has 0 aliphatic heterocycles. The average molecular weight is 463 g/mol. The van der Waals surface area contributed by atoms with E-state index in [9.17, 15) is 13.2 Å². The topological polar surface area (TPSA) is 76.2 Å². The molecule has 7 nitrogen and oxygen atoms in total. The van der Waals surface area contributed by atoms with Gasteiger partial charge in [-0.3, -0.25) is 4.79 Å². The Kier molecular flexibility index (Phi) is 14.6. The first-order chi connectivity index (χ1) is 14.8. The Hall–Kier alpha value is -0.700. The Morgan fingerprint density at radius 2 is 1.55 bits per heavy atom. The summed E-state index contributed by atoms with van der Waals surface area (Å²) in [5.74, 6) is -0.488. The van der Waals surface area contributed by atoms with Gasteiger partial charge in [0.15, 0.2) is 0 Å². The fraction of sp³-hybridized carbons (Fsp3) is 0.957.